The van der Waals surface area contributed by atoms with Gasteiger partial charge in [0.1, 0.15) is 0 Å². The average Bonchev–Trinajstić information content (AvgIpc) is 1.83. The molecule has 0 heterocycles. The van der Waals surface area contributed by atoms with Crippen molar-refractivity contribution in [2.24, 2.45) is 17.6 Å². The monoisotopic (exact) mass is 165 g/mol. The highest BCUT2D eigenvalue weighted by Crippen LogP contribution is 2.09. The van der Waals surface area contributed by atoms with Crippen molar-refractivity contribution < 1.29 is 0 Å². The summed E-state index contributed by atoms with van der Waals surface area (Å²) in [6, 6.07) is 0. The number of hydrogen-bond acceptors (Lipinski definition) is 1. The van der Waals surface area contributed by atoms with Crippen LogP contribution in [0.4, 0.5) is 0 Å². The van der Waals surface area contributed by atoms with Crippen molar-refractivity contribution in [2.45, 2.75) is 33.6 Å². The summed E-state index contributed by atoms with van der Waals surface area (Å²) in [5.74, 6) is 1.55. The van der Waals surface area contributed by atoms with Gasteiger partial charge in [0, 0.05) is 0 Å². The lowest BCUT2D eigenvalue weighted by Gasteiger charge is -2.08. The minimum absolute atomic E-state index is 0. The molecule has 10 heavy (non-hydrogen) atoms. The van der Waals surface area contributed by atoms with Crippen LogP contribution in [0.2, 0.25) is 0 Å². The molecular formula is C8H20ClN. The van der Waals surface area contributed by atoms with Crippen molar-refractivity contribution in [3.8, 4) is 0 Å². The summed E-state index contributed by atoms with van der Waals surface area (Å²) in [4.78, 5) is 0. The quantitative estimate of drug-likeness (QED) is 0.681. The van der Waals surface area contributed by atoms with Gasteiger partial charge in [0.15, 0.2) is 0 Å². The van der Waals surface area contributed by atoms with E-state index >= 15 is 0 Å². The van der Waals surface area contributed by atoms with Gasteiger partial charge in [0.2, 0.25) is 0 Å². The minimum Gasteiger partial charge on any atom is -0.330 e. The van der Waals surface area contributed by atoms with Crippen LogP contribution in [0.5, 0.6) is 0 Å². The molecule has 0 rings (SSSR count). The number of halogens is 1. The summed E-state index contributed by atoms with van der Waals surface area (Å²) in [5.41, 5.74) is 5.46. The van der Waals surface area contributed by atoms with Crippen LogP contribution < -0.4 is 5.73 Å². The molecule has 0 fully saturated rings. The van der Waals surface area contributed by atoms with Gasteiger partial charge in [0.05, 0.1) is 0 Å². The van der Waals surface area contributed by atoms with Gasteiger partial charge in [-0.15, -0.1) is 12.4 Å². The van der Waals surface area contributed by atoms with Crippen molar-refractivity contribution >= 4 is 12.4 Å². The molecule has 1 unspecified atom stereocenters. The fourth-order valence-electron chi connectivity index (χ4n) is 0.736. The van der Waals surface area contributed by atoms with Crippen LogP contribution in [0.1, 0.15) is 33.6 Å². The van der Waals surface area contributed by atoms with Gasteiger partial charge < -0.3 is 5.73 Å². The van der Waals surface area contributed by atoms with Crippen LogP contribution in [0, 0.1) is 11.8 Å². The van der Waals surface area contributed by atoms with Crippen LogP contribution in [0.15, 0.2) is 0 Å². The predicted molar refractivity (Wildman–Crippen MR) is 49.5 cm³/mol. The SMILES string of the molecule is CC(C)CCC(C)CN.Cl. The second-order valence-electron chi connectivity index (χ2n) is 3.31. The van der Waals surface area contributed by atoms with E-state index in [0.29, 0.717) is 5.92 Å². The summed E-state index contributed by atoms with van der Waals surface area (Å²) >= 11 is 0. The Balaban J connectivity index is 0. The largest absolute Gasteiger partial charge is 0.330 e. The first-order valence-corrected chi connectivity index (χ1v) is 3.87. The molecule has 0 bridgehead atoms. The van der Waals surface area contributed by atoms with Gasteiger partial charge in [-0.25, -0.2) is 0 Å². The highest BCUT2D eigenvalue weighted by molar-refractivity contribution is 5.85. The molecule has 1 nitrogen and oxygen atoms in total. The van der Waals surface area contributed by atoms with Crippen molar-refractivity contribution in [1.29, 1.82) is 0 Å². The van der Waals surface area contributed by atoms with Crippen LogP contribution in [0.3, 0.4) is 0 Å². The van der Waals surface area contributed by atoms with E-state index in [2.05, 4.69) is 20.8 Å². The maximum atomic E-state index is 5.46. The third-order valence-electron chi connectivity index (χ3n) is 1.64. The molecule has 64 valence electrons. The summed E-state index contributed by atoms with van der Waals surface area (Å²) in [6.07, 6.45) is 2.60. The van der Waals surface area contributed by atoms with Crippen LogP contribution in [-0.4, -0.2) is 6.54 Å². The highest BCUT2D eigenvalue weighted by Gasteiger charge is 1.99. The zero-order chi connectivity index (χ0) is 7.28. The Bertz CT molecular complexity index is 64.3. The first kappa shape index (κ1) is 12.9. The summed E-state index contributed by atoms with van der Waals surface area (Å²) in [6.45, 7) is 7.56. The fourth-order valence-corrected chi connectivity index (χ4v) is 0.736. The Kier molecular flexibility index (Phi) is 9.48. The molecule has 0 saturated carbocycles. The molecule has 0 amide bonds. The zero-order valence-corrected chi connectivity index (χ0v) is 8.08. The lowest BCUT2D eigenvalue weighted by molar-refractivity contribution is 0.457. The maximum Gasteiger partial charge on any atom is -0.00515 e. The van der Waals surface area contributed by atoms with E-state index in [0.717, 1.165) is 12.5 Å². The topological polar surface area (TPSA) is 26.0 Å². The Morgan fingerprint density at radius 2 is 1.60 bits per heavy atom. The first-order valence-electron chi connectivity index (χ1n) is 3.87. The minimum atomic E-state index is 0. The lowest BCUT2D eigenvalue weighted by atomic mass is 10.00. The lowest BCUT2D eigenvalue weighted by Crippen LogP contribution is -2.11. The molecule has 0 aromatic rings. The summed E-state index contributed by atoms with van der Waals surface area (Å²) < 4.78 is 0. The smallest absolute Gasteiger partial charge is 0.00515 e. The fraction of sp³-hybridized carbons (Fsp3) is 1.00. The van der Waals surface area contributed by atoms with Crippen LogP contribution in [0.25, 0.3) is 0 Å². The van der Waals surface area contributed by atoms with E-state index in [1.807, 2.05) is 0 Å². The molecule has 0 aromatic heterocycles. The Morgan fingerprint density at radius 1 is 1.10 bits per heavy atom. The maximum absolute atomic E-state index is 5.46. The number of hydrogen-bond donors (Lipinski definition) is 1. The van der Waals surface area contributed by atoms with Gasteiger partial charge in [-0.3, -0.25) is 0 Å². The van der Waals surface area contributed by atoms with E-state index in [1.165, 1.54) is 12.8 Å². The Morgan fingerprint density at radius 3 is 1.90 bits per heavy atom. The zero-order valence-electron chi connectivity index (χ0n) is 7.26. The third kappa shape index (κ3) is 8.25. The molecule has 0 aliphatic carbocycles. The molecule has 2 N–H and O–H groups in total. The summed E-state index contributed by atoms with van der Waals surface area (Å²) in [7, 11) is 0. The molecule has 0 aromatic carbocycles. The predicted octanol–water partition coefficient (Wildman–Crippen LogP) is 2.44. The molecule has 0 spiro atoms. The first-order chi connectivity index (χ1) is 4.16. The Labute approximate surface area is 70.8 Å². The number of rotatable bonds is 4. The van der Waals surface area contributed by atoms with Crippen molar-refractivity contribution in [1.82, 2.24) is 0 Å². The van der Waals surface area contributed by atoms with Gasteiger partial charge in [-0.1, -0.05) is 27.2 Å². The van der Waals surface area contributed by atoms with Crippen LogP contribution in [-0.2, 0) is 0 Å². The normalized spacial score (nSPS) is 12.9. The number of nitrogens with two attached hydrogens (primary N) is 1. The molecule has 2 heteroatoms. The van der Waals surface area contributed by atoms with E-state index in [1.54, 1.807) is 0 Å². The molecule has 1 atom stereocenters. The van der Waals surface area contributed by atoms with E-state index in [-0.39, 0.29) is 12.4 Å². The van der Waals surface area contributed by atoms with Crippen molar-refractivity contribution in [3.63, 3.8) is 0 Å². The van der Waals surface area contributed by atoms with Gasteiger partial charge in [-0.05, 0) is 24.8 Å². The van der Waals surface area contributed by atoms with Gasteiger partial charge in [0.25, 0.3) is 0 Å². The Hall–Kier alpha value is 0.250. The summed E-state index contributed by atoms with van der Waals surface area (Å²) in [5, 5.41) is 0. The van der Waals surface area contributed by atoms with Crippen molar-refractivity contribution in [2.75, 3.05) is 6.54 Å². The van der Waals surface area contributed by atoms with Gasteiger partial charge >= 0.3 is 0 Å². The third-order valence-corrected chi connectivity index (χ3v) is 1.64. The standard InChI is InChI=1S/C8H19N.ClH/c1-7(2)4-5-8(3)6-9;/h7-8H,4-6,9H2,1-3H3;1H. The second-order valence-corrected chi connectivity index (χ2v) is 3.31. The second kappa shape index (κ2) is 7.36. The van der Waals surface area contributed by atoms with Crippen molar-refractivity contribution in [3.05, 3.63) is 0 Å². The van der Waals surface area contributed by atoms with E-state index < -0.39 is 0 Å². The average molecular weight is 166 g/mol. The molecule has 0 radical (unpaired) electrons. The molecule has 0 aliphatic rings. The van der Waals surface area contributed by atoms with E-state index in [4.69, 9.17) is 5.73 Å². The van der Waals surface area contributed by atoms with E-state index in [9.17, 15) is 0 Å². The molecular weight excluding hydrogens is 146 g/mol. The highest BCUT2D eigenvalue weighted by atomic mass is 35.5. The molecule has 0 aliphatic heterocycles. The molecule has 0 saturated heterocycles. The van der Waals surface area contributed by atoms with Crippen LogP contribution >= 0.6 is 12.4 Å². The van der Waals surface area contributed by atoms with Gasteiger partial charge in [-0.2, -0.15) is 0 Å².